The topological polar surface area (TPSA) is 175 Å². The van der Waals surface area contributed by atoms with E-state index >= 15 is 0 Å². The molecule has 12 heteroatoms. The van der Waals surface area contributed by atoms with Gasteiger partial charge in [-0.15, -0.1) is 0 Å². The lowest BCUT2D eigenvalue weighted by molar-refractivity contribution is -0.301. The first kappa shape index (κ1) is 64.9. The fourth-order valence-electron chi connectivity index (χ4n) is 7.78. The highest BCUT2D eigenvalue weighted by Crippen LogP contribution is 2.26. The predicted molar refractivity (Wildman–Crippen MR) is 284 cm³/mol. The molecule has 71 heavy (non-hydrogen) atoms. The van der Waals surface area contributed by atoms with Crippen molar-refractivity contribution < 1.29 is 58.2 Å². The minimum atomic E-state index is -1.91. The van der Waals surface area contributed by atoms with Gasteiger partial charge in [-0.25, -0.2) is 4.79 Å². The zero-order valence-corrected chi connectivity index (χ0v) is 44.2. The van der Waals surface area contributed by atoms with E-state index in [9.17, 15) is 34.5 Å². The average molecular weight is 997 g/mol. The van der Waals surface area contributed by atoms with E-state index in [1.807, 2.05) is 0 Å². The molecule has 3 N–H and O–H groups in total. The first-order valence-electron chi connectivity index (χ1n) is 27.6. The first-order chi connectivity index (χ1) is 34.6. The zero-order valence-electron chi connectivity index (χ0n) is 44.2. The van der Waals surface area contributed by atoms with E-state index in [4.69, 9.17) is 23.7 Å². The Labute approximate surface area is 429 Å². The van der Waals surface area contributed by atoms with E-state index in [0.29, 0.717) is 19.3 Å². The Kier molecular flexibility index (Phi) is 42.9. The van der Waals surface area contributed by atoms with Crippen LogP contribution in [0.2, 0.25) is 0 Å². The van der Waals surface area contributed by atoms with Gasteiger partial charge in [0.1, 0.15) is 18.8 Å². The number of aliphatic hydroxyl groups is 2. The first-order valence-corrected chi connectivity index (χ1v) is 27.6. The molecule has 0 aromatic rings. The lowest BCUT2D eigenvalue weighted by atomic mass is 9.98. The van der Waals surface area contributed by atoms with E-state index < -0.39 is 67.3 Å². The minimum Gasteiger partial charge on any atom is -0.479 e. The summed E-state index contributed by atoms with van der Waals surface area (Å²) in [6.07, 6.45) is 47.2. The van der Waals surface area contributed by atoms with Gasteiger partial charge in [0.05, 0.1) is 6.61 Å². The maximum atomic E-state index is 13.1. The molecule has 6 unspecified atom stereocenters. The molecule has 0 bridgehead atoms. The number of hydrogen-bond donors (Lipinski definition) is 3. The molecule has 0 aromatic heterocycles. The van der Waals surface area contributed by atoms with Gasteiger partial charge in [0.15, 0.2) is 24.6 Å². The standard InChI is InChI=1S/C59H96O12/c1-4-7-10-13-16-19-21-23-24-25-26-27-28-30-31-34-36-39-42-45-51(60)67-48-50(69-52(61)46-43-40-38-35-32-29-22-20-17-14-11-8-5-2)49-68-59-57(55(64)54(63)56(71-59)58(65)66)70-53(62)47-44-41-37-33-18-15-12-9-6-3/h7-8,10-11,16-17,19-20,23-24,26-27,29,32,50,54-57,59,63-64H,4-6,9,12-15,18,21-22,25,28,30-31,33-49H2,1-3H3,(H,65,66)/b10-7-,11-8-,19-16-,20-17-,24-23-,27-26-,32-29-. The maximum Gasteiger partial charge on any atom is 0.335 e. The molecule has 1 rings (SSSR count). The number of esters is 3. The second-order valence-corrected chi connectivity index (χ2v) is 18.5. The number of rotatable bonds is 45. The van der Waals surface area contributed by atoms with Crippen LogP contribution >= 0.6 is 0 Å². The fourth-order valence-corrected chi connectivity index (χ4v) is 7.78. The summed E-state index contributed by atoms with van der Waals surface area (Å²) in [6, 6.07) is 0. The maximum absolute atomic E-state index is 13.1. The van der Waals surface area contributed by atoms with Crippen molar-refractivity contribution in [3.05, 3.63) is 85.1 Å². The number of carbonyl (C=O) groups is 4. The number of ether oxygens (including phenoxy) is 5. The molecule has 1 saturated heterocycles. The summed E-state index contributed by atoms with van der Waals surface area (Å²) in [5.41, 5.74) is 0. The number of aliphatic carboxylic acids is 1. The quantitative estimate of drug-likeness (QED) is 0.0228. The van der Waals surface area contributed by atoms with E-state index in [-0.39, 0.29) is 25.9 Å². The van der Waals surface area contributed by atoms with Crippen LogP contribution in [0.4, 0.5) is 0 Å². The van der Waals surface area contributed by atoms with Gasteiger partial charge in [-0.2, -0.15) is 0 Å². The summed E-state index contributed by atoms with van der Waals surface area (Å²) in [4.78, 5) is 50.9. The van der Waals surface area contributed by atoms with Gasteiger partial charge in [-0.05, 0) is 89.9 Å². The van der Waals surface area contributed by atoms with Gasteiger partial charge in [0, 0.05) is 19.3 Å². The van der Waals surface area contributed by atoms with Crippen molar-refractivity contribution in [1.29, 1.82) is 0 Å². The third-order valence-electron chi connectivity index (χ3n) is 12.0. The van der Waals surface area contributed by atoms with Crippen LogP contribution in [0.25, 0.3) is 0 Å². The van der Waals surface area contributed by atoms with Crippen molar-refractivity contribution >= 4 is 23.9 Å². The number of carboxylic acids is 1. The fraction of sp³-hybridized carbons (Fsp3) is 0.695. The SMILES string of the molecule is CC/C=C\C/C=C\C/C=C\C/C=C\CCCCCCCCC(=O)OCC(COC1OC(C(=O)O)C(O)C(O)C1OC(=O)CCCCCCCCCCC)OC(=O)CCCCC/C=C\C/C=C\C/C=C\CC. The van der Waals surface area contributed by atoms with Crippen LogP contribution in [-0.2, 0) is 42.9 Å². The van der Waals surface area contributed by atoms with E-state index in [0.717, 1.165) is 128 Å². The highest BCUT2D eigenvalue weighted by atomic mass is 16.7. The van der Waals surface area contributed by atoms with Crippen molar-refractivity contribution in [1.82, 2.24) is 0 Å². The number of allylic oxidation sites excluding steroid dienone is 14. The molecule has 0 spiro atoms. The van der Waals surface area contributed by atoms with Crippen molar-refractivity contribution in [2.45, 2.75) is 250 Å². The summed E-state index contributed by atoms with van der Waals surface area (Å²) in [5, 5.41) is 31.3. The van der Waals surface area contributed by atoms with Crippen LogP contribution in [0.1, 0.15) is 213 Å². The second kappa shape index (κ2) is 46.9. The summed E-state index contributed by atoms with van der Waals surface area (Å²) < 4.78 is 28.3. The van der Waals surface area contributed by atoms with Crippen molar-refractivity contribution in [2.24, 2.45) is 0 Å². The molecule has 404 valence electrons. The van der Waals surface area contributed by atoms with Gasteiger partial charge in [0.2, 0.25) is 0 Å². The molecule has 0 aliphatic carbocycles. The smallest absolute Gasteiger partial charge is 0.335 e. The summed E-state index contributed by atoms with van der Waals surface area (Å²) in [6.45, 7) is 5.67. The van der Waals surface area contributed by atoms with Crippen LogP contribution in [-0.4, -0.2) is 89.2 Å². The Balaban J connectivity index is 2.71. The summed E-state index contributed by atoms with van der Waals surface area (Å²) in [5.74, 6) is -3.19. The minimum absolute atomic E-state index is 0.0535. The van der Waals surface area contributed by atoms with Crippen LogP contribution < -0.4 is 0 Å². The number of carboxylic acid groups (broad SMARTS) is 1. The molecule has 12 nitrogen and oxygen atoms in total. The number of hydrogen-bond acceptors (Lipinski definition) is 11. The van der Waals surface area contributed by atoms with E-state index in [1.165, 1.54) is 25.7 Å². The van der Waals surface area contributed by atoms with Gasteiger partial charge in [-0.3, -0.25) is 14.4 Å². The molecule has 1 aliphatic rings. The molecule has 6 atom stereocenters. The molecule has 1 heterocycles. The largest absolute Gasteiger partial charge is 0.479 e. The number of carbonyl (C=O) groups excluding carboxylic acids is 3. The number of aliphatic hydroxyl groups excluding tert-OH is 2. The lowest BCUT2D eigenvalue weighted by Crippen LogP contribution is -2.61. The Morgan fingerprint density at radius 1 is 0.479 bits per heavy atom. The molecule has 1 fully saturated rings. The van der Waals surface area contributed by atoms with Crippen molar-refractivity contribution in [3.8, 4) is 0 Å². The normalized spacial score (nSPS) is 19.1. The Hall–Kier alpha value is -4.10. The van der Waals surface area contributed by atoms with Crippen LogP contribution in [0.5, 0.6) is 0 Å². The summed E-state index contributed by atoms with van der Waals surface area (Å²) >= 11 is 0. The van der Waals surface area contributed by atoms with Crippen molar-refractivity contribution in [2.75, 3.05) is 13.2 Å². The van der Waals surface area contributed by atoms with E-state index in [2.05, 4.69) is 106 Å². The molecular weight excluding hydrogens is 901 g/mol. The van der Waals surface area contributed by atoms with Crippen molar-refractivity contribution in [3.63, 3.8) is 0 Å². The molecule has 1 aliphatic heterocycles. The number of unbranched alkanes of at least 4 members (excludes halogenated alkanes) is 17. The van der Waals surface area contributed by atoms with Gasteiger partial charge in [-0.1, -0.05) is 189 Å². The Morgan fingerprint density at radius 3 is 1.37 bits per heavy atom. The third kappa shape index (κ3) is 37.3. The van der Waals surface area contributed by atoms with Gasteiger partial charge >= 0.3 is 23.9 Å². The summed E-state index contributed by atoms with van der Waals surface area (Å²) in [7, 11) is 0. The highest BCUT2D eigenvalue weighted by molar-refractivity contribution is 5.74. The van der Waals surface area contributed by atoms with Gasteiger partial charge < -0.3 is 39.0 Å². The monoisotopic (exact) mass is 997 g/mol. The van der Waals surface area contributed by atoms with Crippen LogP contribution in [0.3, 0.4) is 0 Å². The van der Waals surface area contributed by atoms with Gasteiger partial charge in [0.25, 0.3) is 0 Å². The molecule has 0 saturated carbocycles. The van der Waals surface area contributed by atoms with Crippen LogP contribution in [0.15, 0.2) is 85.1 Å². The molecule has 0 aromatic carbocycles. The Bertz CT molecular complexity index is 1560. The van der Waals surface area contributed by atoms with Crippen LogP contribution in [0, 0.1) is 0 Å². The predicted octanol–water partition coefficient (Wildman–Crippen LogP) is 13.6. The molecule has 0 amide bonds. The Morgan fingerprint density at radius 2 is 0.887 bits per heavy atom. The highest BCUT2D eigenvalue weighted by Gasteiger charge is 2.50. The molecule has 0 radical (unpaired) electrons. The molecular formula is C59H96O12. The zero-order chi connectivity index (χ0) is 51.8. The third-order valence-corrected chi connectivity index (χ3v) is 12.0. The van der Waals surface area contributed by atoms with E-state index in [1.54, 1.807) is 0 Å². The second-order valence-electron chi connectivity index (χ2n) is 18.5. The average Bonchev–Trinajstić information content (AvgIpc) is 3.35. The lowest BCUT2D eigenvalue weighted by Gasteiger charge is -2.40.